The van der Waals surface area contributed by atoms with Crippen molar-refractivity contribution in [2.24, 2.45) is 0 Å². The van der Waals surface area contributed by atoms with E-state index in [1.54, 1.807) is 19.2 Å². The number of fused-ring (bicyclic) bond motifs is 1. The van der Waals surface area contributed by atoms with Crippen LogP contribution in [0.5, 0.6) is 5.75 Å². The lowest BCUT2D eigenvalue weighted by Gasteiger charge is -2.10. The molecule has 0 aliphatic heterocycles. The van der Waals surface area contributed by atoms with Crippen LogP contribution in [0, 0.1) is 0 Å². The number of ether oxygens (including phenoxy) is 1. The summed E-state index contributed by atoms with van der Waals surface area (Å²) in [6, 6.07) is 3.53. The third-order valence-corrected chi connectivity index (χ3v) is 2.62. The Morgan fingerprint density at radius 1 is 1.43 bits per heavy atom. The Bertz CT molecular complexity index is 382. The quantitative estimate of drug-likeness (QED) is 0.768. The average Bonchev–Trinajstić information content (AvgIpc) is 2.59. The van der Waals surface area contributed by atoms with Crippen molar-refractivity contribution in [2.75, 3.05) is 7.11 Å². The van der Waals surface area contributed by atoms with Gasteiger partial charge in [-0.25, -0.2) is 0 Å². The molecule has 0 fully saturated rings. The zero-order valence-electron chi connectivity index (χ0n) is 8.04. The second-order valence-electron chi connectivity index (χ2n) is 3.37. The van der Waals surface area contributed by atoms with Crippen LogP contribution in [0.1, 0.15) is 27.9 Å². The van der Waals surface area contributed by atoms with E-state index in [4.69, 9.17) is 9.84 Å². The normalized spacial score (nSPS) is 14.3. The molecule has 0 saturated heterocycles. The predicted molar refractivity (Wildman–Crippen MR) is 51.6 cm³/mol. The molecule has 0 radical (unpaired) electrons. The van der Waals surface area contributed by atoms with Crippen LogP contribution in [-0.4, -0.2) is 18.0 Å². The highest BCUT2D eigenvalue weighted by Crippen LogP contribution is 2.33. The van der Waals surface area contributed by atoms with Gasteiger partial charge in [-0.1, -0.05) is 12.1 Å². The van der Waals surface area contributed by atoms with Gasteiger partial charge in [0.05, 0.1) is 13.7 Å². The third kappa shape index (κ3) is 1.21. The van der Waals surface area contributed by atoms with Gasteiger partial charge in [0, 0.05) is 23.1 Å². The van der Waals surface area contributed by atoms with Gasteiger partial charge in [-0.3, -0.25) is 4.79 Å². The number of hydrogen-bond donors (Lipinski definition) is 1. The highest BCUT2D eigenvalue weighted by Gasteiger charge is 2.24. The Hall–Kier alpha value is -1.35. The molecule has 0 aromatic heterocycles. The first-order valence-corrected chi connectivity index (χ1v) is 4.60. The van der Waals surface area contributed by atoms with Gasteiger partial charge in [-0.05, 0) is 6.42 Å². The molecule has 0 spiro atoms. The first kappa shape index (κ1) is 9.21. The molecule has 0 bridgehead atoms. The Balaban J connectivity index is 2.59. The molecule has 14 heavy (non-hydrogen) atoms. The second kappa shape index (κ2) is 3.42. The number of carbonyl (C=O) groups excluding carboxylic acids is 1. The van der Waals surface area contributed by atoms with Crippen molar-refractivity contribution >= 4 is 5.78 Å². The molecule has 1 aliphatic carbocycles. The molecule has 3 nitrogen and oxygen atoms in total. The first-order chi connectivity index (χ1) is 6.77. The number of benzene rings is 1. The highest BCUT2D eigenvalue weighted by atomic mass is 16.5. The van der Waals surface area contributed by atoms with Crippen LogP contribution in [0.15, 0.2) is 12.1 Å². The smallest absolute Gasteiger partial charge is 0.163 e. The van der Waals surface area contributed by atoms with Crippen molar-refractivity contribution in [1.29, 1.82) is 0 Å². The van der Waals surface area contributed by atoms with E-state index < -0.39 is 0 Å². The van der Waals surface area contributed by atoms with Crippen LogP contribution < -0.4 is 4.74 Å². The molecular formula is C11H12O3. The summed E-state index contributed by atoms with van der Waals surface area (Å²) in [4.78, 5) is 11.4. The van der Waals surface area contributed by atoms with E-state index in [0.717, 1.165) is 23.1 Å². The Kier molecular flexibility index (Phi) is 2.25. The lowest BCUT2D eigenvalue weighted by molar-refractivity contribution is 0.0994. The second-order valence-corrected chi connectivity index (χ2v) is 3.37. The minimum absolute atomic E-state index is 0.0509. The summed E-state index contributed by atoms with van der Waals surface area (Å²) in [5.74, 6) is 0.846. The first-order valence-electron chi connectivity index (χ1n) is 4.60. The summed E-state index contributed by atoms with van der Waals surface area (Å²) < 4.78 is 5.22. The molecule has 3 heteroatoms. The maximum atomic E-state index is 11.4. The van der Waals surface area contributed by atoms with Crippen LogP contribution in [0.4, 0.5) is 0 Å². The van der Waals surface area contributed by atoms with Crippen molar-refractivity contribution in [3.63, 3.8) is 0 Å². The lowest BCUT2D eigenvalue weighted by atomic mass is 10.0. The van der Waals surface area contributed by atoms with Crippen LogP contribution in [0.25, 0.3) is 0 Å². The summed E-state index contributed by atoms with van der Waals surface area (Å²) >= 11 is 0. The zero-order chi connectivity index (χ0) is 10.1. The molecule has 1 aliphatic rings. The average molecular weight is 192 g/mol. The van der Waals surface area contributed by atoms with Crippen LogP contribution in [0.3, 0.4) is 0 Å². The van der Waals surface area contributed by atoms with Crippen molar-refractivity contribution in [2.45, 2.75) is 19.4 Å². The minimum atomic E-state index is -0.0509. The topological polar surface area (TPSA) is 46.5 Å². The van der Waals surface area contributed by atoms with Crippen molar-refractivity contribution in [3.8, 4) is 5.75 Å². The fourth-order valence-electron chi connectivity index (χ4n) is 1.94. The molecule has 0 unspecified atom stereocenters. The number of methoxy groups -OCH3 is 1. The van der Waals surface area contributed by atoms with Crippen LogP contribution in [-0.2, 0) is 13.0 Å². The van der Waals surface area contributed by atoms with Crippen molar-refractivity contribution in [1.82, 2.24) is 0 Å². The predicted octanol–water partition coefficient (Wildman–Crippen LogP) is 1.32. The Morgan fingerprint density at radius 2 is 2.21 bits per heavy atom. The van der Waals surface area contributed by atoms with E-state index in [1.807, 2.05) is 0 Å². The van der Waals surface area contributed by atoms with Gasteiger partial charge in [-0.15, -0.1) is 0 Å². The van der Waals surface area contributed by atoms with Gasteiger partial charge in [0.2, 0.25) is 0 Å². The zero-order valence-corrected chi connectivity index (χ0v) is 8.04. The Morgan fingerprint density at radius 3 is 2.86 bits per heavy atom. The van der Waals surface area contributed by atoms with Gasteiger partial charge in [0.15, 0.2) is 5.78 Å². The molecular weight excluding hydrogens is 180 g/mol. The van der Waals surface area contributed by atoms with E-state index in [0.29, 0.717) is 12.2 Å². The number of hydrogen-bond acceptors (Lipinski definition) is 3. The molecule has 1 N–H and O–H groups in total. The summed E-state index contributed by atoms with van der Waals surface area (Å²) in [6.07, 6.45) is 1.28. The molecule has 0 atom stereocenters. The summed E-state index contributed by atoms with van der Waals surface area (Å²) in [7, 11) is 1.57. The van der Waals surface area contributed by atoms with Crippen molar-refractivity contribution in [3.05, 3.63) is 28.8 Å². The molecule has 0 heterocycles. The number of rotatable bonds is 2. The fraction of sp³-hybridized carbons (Fsp3) is 0.364. The van der Waals surface area contributed by atoms with E-state index in [1.165, 1.54) is 0 Å². The maximum absolute atomic E-state index is 11.4. The van der Waals surface area contributed by atoms with Gasteiger partial charge in [0.1, 0.15) is 5.75 Å². The van der Waals surface area contributed by atoms with E-state index in [9.17, 15) is 4.79 Å². The van der Waals surface area contributed by atoms with E-state index in [-0.39, 0.29) is 12.4 Å². The summed E-state index contributed by atoms with van der Waals surface area (Å²) in [5.41, 5.74) is 2.45. The third-order valence-electron chi connectivity index (χ3n) is 2.62. The van der Waals surface area contributed by atoms with Crippen LogP contribution >= 0.6 is 0 Å². The fourth-order valence-corrected chi connectivity index (χ4v) is 1.94. The summed E-state index contributed by atoms with van der Waals surface area (Å²) in [5, 5.41) is 9.08. The number of aliphatic hydroxyl groups is 1. The lowest BCUT2D eigenvalue weighted by Crippen LogP contribution is -1.98. The van der Waals surface area contributed by atoms with Crippen molar-refractivity contribution < 1.29 is 14.6 Å². The van der Waals surface area contributed by atoms with E-state index >= 15 is 0 Å². The molecule has 2 rings (SSSR count). The number of ketones is 1. The van der Waals surface area contributed by atoms with Crippen LogP contribution in [0.2, 0.25) is 0 Å². The van der Waals surface area contributed by atoms with E-state index in [2.05, 4.69) is 0 Å². The molecule has 0 amide bonds. The monoisotopic (exact) mass is 192 g/mol. The van der Waals surface area contributed by atoms with Gasteiger partial charge in [-0.2, -0.15) is 0 Å². The largest absolute Gasteiger partial charge is 0.496 e. The summed E-state index contributed by atoms with van der Waals surface area (Å²) in [6.45, 7) is -0.0509. The molecule has 74 valence electrons. The standard InChI is InChI=1S/C11H12O3/c1-14-11-7(6-12)2-3-8-9(11)4-5-10(8)13/h2-3,12H,4-6H2,1H3. The Labute approximate surface area is 82.3 Å². The SMILES string of the molecule is COc1c(CO)ccc2c1CCC2=O. The van der Waals surface area contributed by atoms with Gasteiger partial charge in [0.25, 0.3) is 0 Å². The molecule has 0 saturated carbocycles. The van der Waals surface area contributed by atoms with Gasteiger partial charge >= 0.3 is 0 Å². The molecule has 1 aromatic carbocycles. The van der Waals surface area contributed by atoms with Gasteiger partial charge < -0.3 is 9.84 Å². The number of aliphatic hydroxyl groups excluding tert-OH is 1. The minimum Gasteiger partial charge on any atom is -0.496 e. The highest BCUT2D eigenvalue weighted by molar-refractivity contribution is 6.01. The number of Topliss-reactive ketones (excluding diaryl/α,β-unsaturated/α-hetero) is 1. The molecule has 1 aromatic rings. The number of carbonyl (C=O) groups is 1. The maximum Gasteiger partial charge on any atom is 0.163 e.